The molecule has 5 nitrogen and oxygen atoms in total. The van der Waals surface area contributed by atoms with Crippen LogP contribution in [0, 0.1) is 0 Å². The van der Waals surface area contributed by atoms with E-state index in [-0.39, 0.29) is 6.10 Å². The minimum Gasteiger partial charge on any atom is -0.486 e. The second-order valence-corrected chi connectivity index (χ2v) is 9.73. The van der Waals surface area contributed by atoms with Crippen LogP contribution in [-0.2, 0) is 22.7 Å². The van der Waals surface area contributed by atoms with Crippen molar-refractivity contribution in [1.29, 1.82) is 0 Å². The number of ether oxygens (including phenoxy) is 3. The third-order valence-electron chi connectivity index (χ3n) is 6.48. The monoisotopic (exact) mass is 518 g/mol. The summed E-state index contributed by atoms with van der Waals surface area (Å²) in [6.07, 6.45) is -0.267. The molecule has 0 fully saturated rings. The van der Waals surface area contributed by atoms with Gasteiger partial charge in [0.2, 0.25) is 0 Å². The highest BCUT2D eigenvalue weighted by atomic mass is 16.6. The SMILES string of the molecule is CN(C)c1ccc(-c2ccc3ccc(OC(COCc4ccccc4)COCc4ccccc4)cc3n2)cc1. The minimum absolute atomic E-state index is 0.267. The van der Waals surface area contributed by atoms with Crippen molar-refractivity contribution in [2.45, 2.75) is 19.3 Å². The van der Waals surface area contributed by atoms with Gasteiger partial charge in [-0.1, -0.05) is 78.9 Å². The zero-order chi connectivity index (χ0) is 26.9. The average molecular weight is 519 g/mol. The van der Waals surface area contributed by atoms with Gasteiger partial charge >= 0.3 is 0 Å². The van der Waals surface area contributed by atoms with Crippen molar-refractivity contribution in [2.24, 2.45) is 0 Å². The number of aromatic nitrogens is 1. The lowest BCUT2D eigenvalue weighted by molar-refractivity contribution is -0.0156. The molecule has 0 aliphatic rings. The fourth-order valence-corrected chi connectivity index (χ4v) is 4.33. The smallest absolute Gasteiger partial charge is 0.145 e. The number of anilines is 1. The van der Waals surface area contributed by atoms with E-state index in [9.17, 15) is 0 Å². The van der Waals surface area contributed by atoms with Crippen LogP contribution in [-0.4, -0.2) is 38.4 Å². The molecule has 0 unspecified atom stereocenters. The number of nitrogens with zero attached hydrogens (tertiary/aromatic N) is 2. The van der Waals surface area contributed by atoms with Crippen LogP contribution in [0.15, 0.2) is 115 Å². The van der Waals surface area contributed by atoms with E-state index in [4.69, 9.17) is 19.2 Å². The Morgan fingerprint density at radius 1 is 0.667 bits per heavy atom. The Labute approximate surface area is 230 Å². The maximum absolute atomic E-state index is 6.39. The topological polar surface area (TPSA) is 43.8 Å². The van der Waals surface area contributed by atoms with Crippen LogP contribution in [0.1, 0.15) is 11.1 Å². The summed E-state index contributed by atoms with van der Waals surface area (Å²) in [7, 11) is 4.08. The van der Waals surface area contributed by atoms with E-state index in [0.29, 0.717) is 26.4 Å². The van der Waals surface area contributed by atoms with Crippen molar-refractivity contribution in [3.63, 3.8) is 0 Å². The molecular formula is C34H34N2O3. The minimum atomic E-state index is -0.267. The Morgan fingerprint density at radius 3 is 1.85 bits per heavy atom. The summed E-state index contributed by atoms with van der Waals surface area (Å²) in [4.78, 5) is 7.02. The van der Waals surface area contributed by atoms with Crippen molar-refractivity contribution >= 4 is 16.6 Å². The van der Waals surface area contributed by atoms with E-state index < -0.39 is 0 Å². The molecule has 0 aliphatic heterocycles. The summed E-state index contributed by atoms with van der Waals surface area (Å²) >= 11 is 0. The van der Waals surface area contributed by atoms with Gasteiger partial charge in [0.25, 0.3) is 0 Å². The summed E-state index contributed by atoms with van der Waals surface area (Å²) in [5.74, 6) is 0.742. The van der Waals surface area contributed by atoms with Gasteiger partial charge in [0.05, 0.1) is 37.6 Å². The number of rotatable bonds is 12. The van der Waals surface area contributed by atoms with E-state index in [1.807, 2.05) is 68.7 Å². The molecule has 0 saturated heterocycles. The molecule has 0 N–H and O–H groups in total. The largest absolute Gasteiger partial charge is 0.486 e. The normalized spacial score (nSPS) is 11.2. The van der Waals surface area contributed by atoms with Crippen LogP contribution >= 0.6 is 0 Å². The first-order valence-electron chi connectivity index (χ1n) is 13.2. The Bertz CT molecular complexity index is 1410. The van der Waals surface area contributed by atoms with E-state index >= 15 is 0 Å². The summed E-state index contributed by atoms with van der Waals surface area (Å²) in [6.45, 7) is 1.87. The van der Waals surface area contributed by atoms with Gasteiger partial charge in [0.1, 0.15) is 11.9 Å². The molecule has 4 aromatic carbocycles. The molecule has 1 aromatic heterocycles. The number of hydrogen-bond donors (Lipinski definition) is 0. The number of hydrogen-bond acceptors (Lipinski definition) is 5. The zero-order valence-electron chi connectivity index (χ0n) is 22.5. The second-order valence-electron chi connectivity index (χ2n) is 9.73. The molecule has 0 radical (unpaired) electrons. The van der Waals surface area contributed by atoms with Gasteiger partial charge in [-0.25, -0.2) is 4.98 Å². The van der Waals surface area contributed by atoms with Crippen molar-refractivity contribution in [3.05, 3.63) is 126 Å². The highest BCUT2D eigenvalue weighted by Gasteiger charge is 2.13. The van der Waals surface area contributed by atoms with Crippen LogP contribution in [0.4, 0.5) is 5.69 Å². The van der Waals surface area contributed by atoms with E-state index in [1.165, 1.54) is 0 Å². The van der Waals surface area contributed by atoms with Crippen molar-refractivity contribution in [3.8, 4) is 17.0 Å². The summed E-state index contributed by atoms with van der Waals surface area (Å²) in [6, 6.07) is 38.9. The van der Waals surface area contributed by atoms with Gasteiger partial charge in [-0.2, -0.15) is 0 Å². The van der Waals surface area contributed by atoms with Gasteiger partial charge < -0.3 is 19.1 Å². The Morgan fingerprint density at radius 2 is 1.26 bits per heavy atom. The van der Waals surface area contributed by atoms with Crippen LogP contribution < -0.4 is 9.64 Å². The summed E-state index contributed by atoms with van der Waals surface area (Å²) in [5, 5.41) is 1.06. The van der Waals surface area contributed by atoms with Crippen molar-refractivity contribution < 1.29 is 14.2 Å². The zero-order valence-corrected chi connectivity index (χ0v) is 22.5. The summed E-state index contributed by atoms with van der Waals surface area (Å²) < 4.78 is 18.4. The number of pyridine rings is 1. The number of fused-ring (bicyclic) bond motifs is 1. The molecule has 1 heterocycles. The molecular weight excluding hydrogens is 484 g/mol. The lowest BCUT2D eigenvalue weighted by atomic mass is 10.1. The fraction of sp³-hybridized carbons (Fsp3) is 0.206. The first-order valence-corrected chi connectivity index (χ1v) is 13.2. The molecule has 5 heteroatoms. The lowest BCUT2D eigenvalue weighted by Crippen LogP contribution is -2.28. The average Bonchev–Trinajstić information content (AvgIpc) is 2.98. The Hall–Kier alpha value is -4.19. The van der Waals surface area contributed by atoms with Crippen LogP contribution in [0.25, 0.3) is 22.2 Å². The molecule has 198 valence electrons. The molecule has 0 amide bonds. The second kappa shape index (κ2) is 13.1. The van der Waals surface area contributed by atoms with Crippen molar-refractivity contribution in [2.75, 3.05) is 32.2 Å². The molecule has 0 spiro atoms. The third-order valence-corrected chi connectivity index (χ3v) is 6.48. The maximum atomic E-state index is 6.39. The molecule has 0 bridgehead atoms. The van der Waals surface area contributed by atoms with Crippen molar-refractivity contribution in [1.82, 2.24) is 4.98 Å². The summed E-state index contributed by atoms with van der Waals surface area (Å²) in [5.41, 5.74) is 6.31. The highest BCUT2D eigenvalue weighted by Crippen LogP contribution is 2.26. The molecule has 5 rings (SSSR count). The number of benzene rings is 4. The first-order chi connectivity index (χ1) is 19.1. The Kier molecular flexibility index (Phi) is 8.84. The van der Waals surface area contributed by atoms with Crippen LogP contribution in [0.2, 0.25) is 0 Å². The van der Waals surface area contributed by atoms with Gasteiger partial charge in [-0.15, -0.1) is 0 Å². The van der Waals surface area contributed by atoms with Crippen LogP contribution in [0.3, 0.4) is 0 Å². The van der Waals surface area contributed by atoms with Gasteiger partial charge in [0.15, 0.2) is 0 Å². The molecule has 0 atom stereocenters. The Balaban J connectivity index is 1.29. The van der Waals surface area contributed by atoms with E-state index in [1.54, 1.807) is 0 Å². The van der Waals surface area contributed by atoms with Crippen LogP contribution in [0.5, 0.6) is 5.75 Å². The maximum Gasteiger partial charge on any atom is 0.145 e. The molecule has 0 aliphatic carbocycles. The van der Waals surface area contributed by atoms with E-state index in [2.05, 4.69) is 65.6 Å². The molecule has 0 saturated carbocycles. The standard InChI is InChI=1S/C34H34N2O3/c1-36(2)30-17-13-28(14-18-30)33-20-16-29-15-19-31(21-34(29)35-33)39-32(24-37-22-26-9-5-3-6-10-26)25-38-23-27-11-7-4-8-12-27/h3-21,32H,22-25H2,1-2H3. The van der Waals surface area contributed by atoms with Gasteiger partial charge in [0, 0.05) is 36.8 Å². The lowest BCUT2D eigenvalue weighted by Gasteiger charge is -2.20. The fourth-order valence-electron chi connectivity index (χ4n) is 4.33. The molecule has 5 aromatic rings. The molecule has 39 heavy (non-hydrogen) atoms. The van der Waals surface area contributed by atoms with E-state index in [0.717, 1.165) is 44.7 Å². The van der Waals surface area contributed by atoms with Gasteiger partial charge in [-0.05, 0) is 41.5 Å². The predicted molar refractivity (Wildman–Crippen MR) is 158 cm³/mol. The highest BCUT2D eigenvalue weighted by molar-refractivity contribution is 5.83. The first kappa shape index (κ1) is 26.4. The van der Waals surface area contributed by atoms with Gasteiger partial charge in [-0.3, -0.25) is 0 Å². The predicted octanol–water partition coefficient (Wildman–Crippen LogP) is 7.15. The third kappa shape index (κ3) is 7.44. The quantitative estimate of drug-likeness (QED) is 0.175.